The molecule has 152 valence electrons. The highest BCUT2D eigenvalue weighted by Crippen LogP contribution is 2.22. The van der Waals surface area contributed by atoms with Gasteiger partial charge in [-0.15, -0.1) is 0 Å². The van der Waals surface area contributed by atoms with Gasteiger partial charge in [0.05, 0.1) is 24.4 Å². The normalized spacial score (nSPS) is 24.0. The molecule has 2 unspecified atom stereocenters. The fourth-order valence-corrected chi connectivity index (χ4v) is 3.55. The molecule has 0 aromatic carbocycles. The Morgan fingerprint density at radius 1 is 1.24 bits per heavy atom. The van der Waals surface area contributed by atoms with Crippen molar-refractivity contribution in [3.63, 3.8) is 0 Å². The van der Waals surface area contributed by atoms with Gasteiger partial charge in [0.25, 0.3) is 5.62 Å². The standard InChI is InChI=1S/C18H22N8O3/c1-9-7-25(8-10(2)29-9)16-22-14-11(5-13-15(27)23-18(28)21-13)6-19-26(14)17(24-16)20-12-3-4-12/h5-6,9-10,12,27H,3-4,7-8H2,1-2H3,(H2,21,23,28). The first-order chi connectivity index (χ1) is 14.0. The highest BCUT2D eigenvalue weighted by molar-refractivity contribution is 5.57. The van der Waals surface area contributed by atoms with Crippen LogP contribution < -0.4 is 21.4 Å². The van der Waals surface area contributed by atoms with E-state index in [-0.39, 0.29) is 29.8 Å². The predicted molar refractivity (Wildman–Crippen MR) is 103 cm³/mol. The molecule has 2 aliphatic rings. The molecule has 4 heterocycles. The van der Waals surface area contributed by atoms with Crippen molar-refractivity contribution in [2.75, 3.05) is 18.0 Å². The van der Waals surface area contributed by atoms with Crippen LogP contribution in [-0.2, 0) is 4.74 Å². The maximum Gasteiger partial charge on any atom is 0.326 e. The van der Waals surface area contributed by atoms with Crippen LogP contribution >= 0.6 is 0 Å². The third-order valence-corrected chi connectivity index (χ3v) is 4.95. The van der Waals surface area contributed by atoms with Gasteiger partial charge in [-0.3, -0.25) is 4.98 Å². The van der Waals surface area contributed by atoms with E-state index in [4.69, 9.17) is 14.7 Å². The molecule has 0 bridgehead atoms. The van der Waals surface area contributed by atoms with Gasteiger partial charge in [0.1, 0.15) is 5.69 Å². The van der Waals surface area contributed by atoms with Gasteiger partial charge in [0.15, 0.2) is 5.65 Å². The van der Waals surface area contributed by atoms with Crippen LogP contribution in [0.25, 0.3) is 11.7 Å². The van der Waals surface area contributed by atoms with Crippen molar-refractivity contribution >= 4 is 17.7 Å². The number of hydrogen-bond donors (Lipinski definition) is 3. The molecule has 2 atom stereocenters. The lowest BCUT2D eigenvalue weighted by molar-refractivity contribution is -0.00574. The average molecular weight is 398 g/mol. The third-order valence-electron chi connectivity index (χ3n) is 4.95. The number of hydrogen-bond acceptors (Lipinski definition) is 8. The van der Waals surface area contributed by atoms with Crippen molar-refractivity contribution in [1.29, 1.82) is 0 Å². The number of nitrogens with zero attached hydrogens (tertiary/aromatic N) is 6. The van der Waals surface area contributed by atoms with Crippen LogP contribution in [0.3, 0.4) is 0 Å². The molecule has 5 rings (SSSR count). The molecule has 3 N–H and O–H groups in total. The molecule has 1 aliphatic heterocycles. The summed E-state index contributed by atoms with van der Waals surface area (Å²) < 4.78 is 7.42. The SMILES string of the molecule is CC1CN(c2nc(=NC3CC3)n3ncc(=Cc4[nH]c(=O)[nH]c4O)c3n2)CC(C)O1. The van der Waals surface area contributed by atoms with E-state index < -0.39 is 5.69 Å². The number of anilines is 1. The second-order valence-electron chi connectivity index (χ2n) is 7.67. The highest BCUT2D eigenvalue weighted by atomic mass is 16.5. The lowest BCUT2D eigenvalue weighted by atomic mass is 10.2. The van der Waals surface area contributed by atoms with Crippen LogP contribution in [0.4, 0.5) is 5.95 Å². The zero-order chi connectivity index (χ0) is 20.1. The number of H-pyrrole nitrogens is 2. The molecule has 3 aromatic rings. The van der Waals surface area contributed by atoms with Crippen molar-refractivity contribution in [2.45, 2.75) is 44.9 Å². The number of aromatic hydroxyl groups is 1. The van der Waals surface area contributed by atoms with Gasteiger partial charge < -0.3 is 19.7 Å². The lowest BCUT2D eigenvalue weighted by Crippen LogP contribution is -2.47. The summed E-state index contributed by atoms with van der Waals surface area (Å²) in [4.78, 5) is 32.5. The summed E-state index contributed by atoms with van der Waals surface area (Å²) in [5, 5.41) is 14.9. The summed E-state index contributed by atoms with van der Waals surface area (Å²) >= 11 is 0. The summed E-state index contributed by atoms with van der Waals surface area (Å²) in [7, 11) is 0. The molecular formula is C18H22N8O3. The Morgan fingerprint density at radius 2 is 2.00 bits per heavy atom. The Morgan fingerprint density at radius 3 is 2.66 bits per heavy atom. The molecule has 1 saturated carbocycles. The molecule has 2 fully saturated rings. The summed E-state index contributed by atoms with van der Waals surface area (Å²) in [5.74, 6) is 0.336. The van der Waals surface area contributed by atoms with Crippen molar-refractivity contribution in [2.24, 2.45) is 4.99 Å². The molecule has 11 nitrogen and oxygen atoms in total. The molecule has 0 spiro atoms. The number of morpholine rings is 1. The van der Waals surface area contributed by atoms with Crippen LogP contribution in [0.15, 0.2) is 16.0 Å². The van der Waals surface area contributed by atoms with Crippen LogP contribution in [0.1, 0.15) is 32.4 Å². The second kappa shape index (κ2) is 6.69. The van der Waals surface area contributed by atoms with Crippen LogP contribution in [-0.4, -0.2) is 66.0 Å². The molecule has 3 aromatic heterocycles. The summed E-state index contributed by atoms with van der Waals surface area (Å²) in [6, 6.07) is 0.269. The van der Waals surface area contributed by atoms with E-state index in [1.807, 2.05) is 13.8 Å². The predicted octanol–water partition coefficient (Wildman–Crippen LogP) is -0.929. The van der Waals surface area contributed by atoms with E-state index in [0.29, 0.717) is 35.5 Å². The molecule has 0 radical (unpaired) electrons. The van der Waals surface area contributed by atoms with E-state index in [9.17, 15) is 9.90 Å². The molecule has 1 aliphatic carbocycles. The van der Waals surface area contributed by atoms with E-state index in [1.165, 1.54) is 0 Å². The van der Waals surface area contributed by atoms with Gasteiger partial charge in [0.2, 0.25) is 11.8 Å². The van der Waals surface area contributed by atoms with Crippen molar-refractivity contribution in [3.8, 4) is 5.88 Å². The number of aromatic amines is 2. The summed E-state index contributed by atoms with van der Waals surface area (Å²) in [6.07, 6.45) is 5.48. The quantitative estimate of drug-likeness (QED) is 0.518. The van der Waals surface area contributed by atoms with Crippen molar-refractivity contribution in [1.82, 2.24) is 29.5 Å². The maximum atomic E-state index is 11.4. The van der Waals surface area contributed by atoms with Gasteiger partial charge in [-0.05, 0) is 32.8 Å². The van der Waals surface area contributed by atoms with Gasteiger partial charge in [-0.1, -0.05) is 0 Å². The number of aromatic nitrogens is 6. The largest absolute Gasteiger partial charge is 0.493 e. The third kappa shape index (κ3) is 3.48. The van der Waals surface area contributed by atoms with E-state index in [2.05, 4.69) is 25.0 Å². The smallest absolute Gasteiger partial charge is 0.326 e. The van der Waals surface area contributed by atoms with E-state index in [0.717, 1.165) is 12.8 Å². The molecule has 0 amide bonds. The molecule has 29 heavy (non-hydrogen) atoms. The van der Waals surface area contributed by atoms with Crippen molar-refractivity contribution in [3.05, 3.63) is 33.2 Å². The Hall–Kier alpha value is -3.21. The Bertz CT molecular complexity index is 1230. The van der Waals surface area contributed by atoms with Gasteiger partial charge in [-0.2, -0.15) is 19.6 Å². The lowest BCUT2D eigenvalue weighted by Gasteiger charge is -2.35. The van der Waals surface area contributed by atoms with E-state index >= 15 is 0 Å². The monoisotopic (exact) mass is 398 g/mol. The highest BCUT2D eigenvalue weighted by Gasteiger charge is 2.26. The fourth-order valence-electron chi connectivity index (χ4n) is 3.55. The number of nitrogens with one attached hydrogen (secondary N) is 2. The van der Waals surface area contributed by atoms with Gasteiger partial charge >= 0.3 is 5.69 Å². The topological polar surface area (TPSA) is 137 Å². The molecule has 1 saturated heterocycles. The minimum Gasteiger partial charge on any atom is -0.493 e. The second-order valence-corrected chi connectivity index (χ2v) is 7.67. The van der Waals surface area contributed by atoms with Crippen LogP contribution in [0.5, 0.6) is 5.88 Å². The maximum absolute atomic E-state index is 11.4. The fraction of sp³-hybridized carbons (Fsp3) is 0.500. The minimum atomic E-state index is -0.485. The van der Waals surface area contributed by atoms with Gasteiger partial charge in [0, 0.05) is 18.3 Å². The Balaban J connectivity index is 1.69. The van der Waals surface area contributed by atoms with Crippen LogP contribution in [0.2, 0.25) is 0 Å². The minimum absolute atomic E-state index is 0.0696. The number of rotatable bonds is 3. The zero-order valence-electron chi connectivity index (χ0n) is 16.2. The molecular weight excluding hydrogens is 376 g/mol. The first-order valence-electron chi connectivity index (χ1n) is 9.69. The Kier molecular flexibility index (Phi) is 4.12. The van der Waals surface area contributed by atoms with Gasteiger partial charge in [-0.25, -0.2) is 9.79 Å². The summed E-state index contributed by atoms with van der Waals surface area (Å²) in [6.45, 7) is 5.42. The zero-order valence-corrected chi connectivity index (χ0v) is 16.2. The first kappa shape index (κ1) is 17.9. The summed E-state index contributed by atoms with van der Waals surface area (Å²) in [5.41, 5.74) is 0.842. The first-order valence-corrected chi connectivity index (χ1v) is 9.69. The van der Waals surface area contributed by atoms with Crippen molar-refractivity contribution < 1.29 is 9.84 Å². The van der Waals surface area contributed by atoms with Crippen LogP contribution in [0, 0.1) is 0 Å². The van der Waals surface area contributed by atoms with E-state index in [1.54, 1.807) is 16.8 Å². The number of fused-ring (bicyclic) bond motifs is 1. The molecule has 11 heteroatoms. The number of imidazole rings is 1. The number of ether oxygens (including phenoxy) is 1. The average Bonchev–Trinajstić information content (AvgIpc) is 3.29. The Labute approximate surface area is 164 Å².